The van der Waals surface area contributed by atoms with Crippen molar-refractivity contribution >= 4 is 57.6 Å². The first kappa shape index (κ1) is 28.9. The molecule has 0 fully saturated rings. The summed E-state index contributed by atoms with van der Waals surface area (Å²) in [6.45, 7) is 6.95. The second-order valence-corrected chi connectivity index (χ2v) is 12.9. The molecular weight excluding hydrogens is 552 g/mol. The summed E-state index contributed by atoms with van der Waals surface area (Å²) in [4.78, 5) is 26.2. The van der Waals surface area contributed by atoms with Gasteiger partial charge in [-0.15, -0.1) is 21.5 Å². The number of carbonyl (C=O) groups is 2. The molecule has 11 heteroatoms. The average Bonchev–Trinajstić information content (AvgIpc) is 3.43. The Morgan fingerprint density at radius 3 is 2.79 bits per heavy atom. The molecule has 204 valence electrons. The maximum Gasteiger partial charge on any atom is 0.244 e. The number of hydrogen-bond donors (Lipinski definition) is 2. The number of rotatable bonds is 8. The molecule has 0 radical (unpaired) electrons. The lowest BCUT2D eigenvalue weighted by molar-refractivity contribution is -0.116. The molecule has 0 saturated carbocycles. The summed E-state index contributed by atoms with van der Waals surface area (Å²) in [5.74, 6) is 0.750. The van der Waals surface area contributed by atoms with Gasteiger partial charge in [0, 0.05) is 23.0 Å². The molecule has 3 aromatic rings. The van der Waals surface area contributed by atoms with Crippen LogP contribution in [-0.2, 0) is 36.0 Å². The number of carbonyl (C=O) groups excluding carboxylic acids is 2. The summed E-state index contributed by atoms with van der Waals surface area (Å²) in [6.07, 6.45) is 5.93. The summed E-state index contributed by atoms with van der Waals surface area (Å²) in [5.41, 5.74) is 2.65. The summed E-state index contributed by atoms with van der Waals surface area (Å²) < 4.78 is 1.74. The zero-order valence-corrected chi connectivity index (χ0v) is 24.8. The van der Waals surface area contributed by atoms with Crippen molar-refractivity contribution in [1.82, 2.24) is 20.1 Å². The van der Waals surface area contributed by atoms with Gasteiger partial charge in [0.2, 0.25) is 11.8 Å². The van der Waals surface area contributed by atoms with E-state index in [1.54, 1.807) is 23.8 Å². The van der Waals surface area contributed by atoms with Crippen LogP contribution in [0.4, 0.5) is 5.00 Å². The van der Waals surface area contributed by atoms with Crippen LogP contribution in [0.3, 0.4) is 0 Å². The number of fused-ring (bicyclic) bond motifs is 1. The van der Waals surface area contributed by atoms with Crippen molar-refractivity contribution < 1.29 is 9.59 Å². The fourth-order valence-electron chi connectivity index (χ4n) is 4.45. The molecule has 2 N–H and O–H groups in total. The third-order valence-electron chi connectivity index (χ3n) is 6.85. The van der Waals surface area contributed by atoms with E-state index in [0.717, 1.165) is 30.4 Å². The molecule has 1 aliphatic rings. The maximum atomic E-state index is 12.8. The Bertz CT molecular complexity index is 1450. The van der Waals surface area contributed by atoms with Crippen LogP contribution in [0.15, 0.2) is 35.5 Å². The van der Waals surface area contributed by atoms with Crippen LogP contribution in [-0.4, -0.2) is 32.3 Å². The van der Waals surface area contributed by atoms with E-state index >= 15 is 0 Å². The van der Waals surface area contributed by atoms with Crippen LogP contribution in [0.25, 0.3) is 6.08 Å². The lowest BCUT2D eigenvalue weighted by Gasteiger charge is -2.33. The number of halogens is 1. The first-order chi connectivity index (χ1) is 18.6. The minimum Gasteiger partial charge on any atom is -0.345 e. The van der Waals surface area contributed by atoms with E-state index in [4.69, 9.17) is 11.6 Å². The minimum absolute atomic E-state index is 0.122. The van der Waals surface area contributed by atoms with E-state index < -0.39 is 0 Å². The van der Waals surface area contributed by atoms with Crippen LogP contribution in [0, 0.1) is 22.7 Å². The maximum absolute atomic E-state index is 12.8. The topological polar surface area (TPSA) is 113 Å². The summed E-state index contributed by atoms with van der Waals surface area (Å²) >= 11 is 8.89. The minimum atomic E-state index is -0.285. The molecule has 1 aliphatic carbocycles. The van der Waals surface area contributed by atoms with Gasteiger partial charge in [-0.1, -0.05) is 62.3 Å². The number of aromatic nitrogens is 3. The van der Waals surface area contributed by atoms with E-state index in [1.165, 1.54) is 34.1 Å². The summed E-state index contributed by atoms with van der Waals surface area (Å²) in [7, 11) is 1.79. The van der Waals surface area contributed by atoms with Gasteiger partial charge in [-0.3, -0.25) is 9.59 Å². The van der Waals surface area contributed by atoms with Crippen molar-refractivity contribution in [3.8, 4) is 6.07 Å². The number of anilines is 1. The average molecular weight is 583 g/mol. The van der Waals surface area contributed by atoms with Gasteiger partial charge in [0.15, 0.2) is 11.0 Å². The molecule has 39 heavy (non-hydrogen) atoms. The van der Waals surface area contributed by atoms with E-state index in [0.29, 0.717) is 32.5 Å². The normalized spacial score (nSPS) is 15.1. The van der Waals surface area contributed by atoms with Gasteiger partial charge in [-0.25, -0.2) is 0 Å². The largest absolute Gasteiger partial charge is 0.345 e. The number of thioether (sulfide) groups is 1. The molecular formula is C28H31ClN6O2S2. The summed E-state index contributed by atoms with van der Waals surface area (Å²) in [6, 6.07) is 9.57. The molecule has 0 saturated heterocycles. The monoisotopic (exact) mass is 582 g/mol. The van der Waals surface area contributed by atoms with Crippen LogP contribution < -0.4 is 10.6 Å². The lowest BCUT2D eigenvalue weighted by Crippen LogP contribution is -2.26. The predicted molar refractivity (Wildman–Crippen MR) is 157 cm³/mol. The number of thiophene rings is 1. The third-order valence-corrected chi connectivity index (χ3v) is 9.39. The lowest BCUT2D eigenvalue weighted by atomic mass is 9.72. The van der Waals surface area contributed by atoms with E-state index in [1.807, 2.05) is 18.2 Å². The molecule has 0 bridgehead atoms. The van der Waals surface area contributed by atoms with Gasteiger partial charge in [0.1, 0.15) is 11.1 Å². The van der Waals surface area contributed by atoms with Crippen LogP contribution in [0.2, 0.25) is 5.02 Å². The Hall–Kier alpha value is -3.13. The molecule has 1 aromatic carbocycles. The first-order valence-corrected chi connectivity index (χ1v) is 14.8. The number of nitriles is 1. The smallest absolute Gasteiger partial charge is 0.244 e. The van der Waals surface area contributed by atoms with Gasteiger partial charge >= 0.3 is 0 Å². The highest BCUT2D eigenvalue weighted by molar-refractivity contribution is 7.99. The fraction of sp³-hybridized carbons (Fsp3) is 0.393. The molecule has 1 atom stereocenters. The van der Waals surface area contributed by atoms with E-state index in [-0.39, 0.29) is 29.5 Å². The highest BCUT2D eigenvalue weighted by Gasteiger charge is 2.32. The number of amides is 2. The first-order valence-electron chi connectivity index (χ1n) is 12.6. The third kappa shape index (κ3) is 7.10. The van der Waals surface area contributed by atoms with Gasteiger partial charge < -0.3 is 15.2 Å². The Balaban J connectivity index is 1.31. The predicted octanol–water partition coefficient (Wildman–Crippen LogP) is 5.61. The van der Waals surface area contributed by atoms with Crippen LogP contribution in [0.5, 0.6) is 0 Å². The zero-order chi connectivity index (χ0) is 28.2. The number of nitrogens with one attached hydrogen (secondary N) is 2. The molecule has 0 spiro atoms. The highest BCUT2D eigenvalue weighted by Crippen LogP contribution is 2.44. The van der Waals surface area contributed by atoms with Gasteiger partial charge in [-0.2, -0.15) is 5.26 Å². The molecule has 8 nitrogen and oxygen atoms in total. The van der Waals surface area contributed by atoms with Crippen LogP contribution >= 0.6 is 34.7 Å². The van der Waals surface area contributed by atoms with E-state index in [9.17, 15) is 14.9 Å². The number of benzene rings is 1. The molecule has 0 unspecified atom stereocenters. The quantitative estimate of drug-likeness (QED) is 0.263. The fourth-order valence-corrected chi connectivity index (χ4v) is 6.67. The SMILES string of the molecule is Cn1c(CNC(=O)/C=C/c2ccccc2Cl)nnc1SCC(=O)Nc1sc2c(c1C#N)CC[C@@H](C(C)(C)C)C2. The van der Waals surface area contributed by atoms with Gasteiger partial charge in [0.25, 0.3) is 0 Å². The van der Waals surface area contributed by atoms with Crippen molar-refractivity contribution in [3.63, 3.8) is 0 Å². The zero-order valence-electron chi connectivity index (χ0n) is 22.4. The Morgan fingerprint density at radius 2 is 2.08 bits per heavy atom. The molecule has 4 rings (SSSR count). The highest BCUT2D eigenvalue weighted by atomic mass is 35.5. The molecule has 2 aromatic heterocycles. The second-order valence-electron chi connectivity index (χ2n) is 10.5. The van der Waals surface area contributed by atoms with Crippen molar-refractivity contribution in [2.75, 3.05) is 11.1 Å². The Labute approximate surface area is 241 Å². The van der Waals surface area contributed by atoms with Crippen molar-refractivity contribution in [1.29, 1.82) is 5.26 Å². The standard InChI is InChI=1S/C28H31ClN6O2S2/c1-28(2,3)18-10-11-19-20(14-30)26(39-22(19)13-18)32-25(37)16-38-27-34-33-23(35(27)4)15-31-24(36)12-9-17-7-5-6-8-21(17)29/h5-9,12,18H,10-11,13,15-16H2,1-4H3,(H,31,36)(H,32,37)/b12-9+/t18-/m1/s1. The number of hydrogen-bond acceptors (Lipinski definition) is 7. The van der Waals surface area contributed by atoms with Gasteiger partial charge in [-0.05, 0) is 53.9 Å². The van der Waals surface area contributed by atoms with E-state index in [2.05, 4.69) is 47.7 Å². The van der Waals surface area contributed by atoms with Gasteiger partial charge in [0.05, 0.1) is 17.9 Å². The van der Waals surface area contributed by atoms with Crippen molar-refractivity contribution in [2.45, 2.75) is 51.7 Å². The molecule has 2 heterocycles. The number of nitrogens with zero attached hydrogens (tertiary/aromatic N) is 4. The van der Waals surface area contributed by atoms with Crippen molar-refractivity contribution in [3.05, 3.63) is 62.8 Å². The van der Waals surface area contributed by atoms with Crippen molar-refractivity contribution in [2.24, 2.45) is 18.4 Å². The molecule has 2 amide bonds. The van der Waals surface area contributed by atoms with Crippen LogP contribution in [0.1, 0.15) is 54.6 Å². The Kier molecular flexibility index (Phi) is 9.15. The molecule has 0 aliphatic heterocycles. The summed E-state index contributed by atoms with van der Waals surface area (Å²) in [5, 5.41) is 25.6. The Morgan fingerprint density at radius 1 is 1.31 bits per heavy atom. The second kappa shape index (κ2) is 12.4.